The Balaban J connectivity index is 2.69. The second-order valence-electron chi connectivity index (χ2n) is 2.94. The molecule has 3 nitrogen and oxygen atoms in total. The number of alkyl halides is 3. The number of aryl methyl sites for hydroxylation is 2. The third-order valence-corrected chi connectivity index (χ3v) is 3.71. The molecule has 0 aromatic carbocycles. The Morgan fingerprint density at radius 2 is 2.19 bits per heavy atom. The number of thioether (sulfide) groups is 1. The third kappa shape index (κ3) is 3.96. The zero-order valence-corrected chi connectivity index (χ0v) is 11.2. The predicted molar refractivity (Wildman–Crippen MR) is 64.5 cm³/mol. The molecule has 1 aromatic heterocycles. The van der Waals surface area contributed by atoms with Crippen LogP contribution in [0.1, 0.15) is 5.69 Å². The van der Waals surface area contributed by atoms with Gasteiger partial charge in [0.1, 0.15) is 0 Å². The first-order valence-corrected chi connectivity index (χ1v) is 6.30. The molecule has 90 valence electrons. The summed E-state index contributed by atoms with van der Waals surface area (Å²) in [5.41, 5.74) is -3.96. The molecule has 1 aromatic rings. The maximum atomic E-state index is 11.9. The van der Waals surface area contributed by atoms with Crippen molar-refractivity contribution in [2.45, 2.75) is 19.0 Å². The average Bonchev–Trinajstić information content (AvgIpc) is 2.16. The largest absolute Gasteiger partial charge is 0.441 e. The first kappa shape index (κ1) is 13.8. The maximum absolute atomic E-state index is 11.9. The highest BCUT2D eigenvalue weighted by Gasteiger charge is 2.27. The van der Waals surface area contributed by atoms with Crippen molar-refractivity contribution >= 4 is 34.4 Å². The van der Waals surface area contributed by atoms with Gasteiger partial charge < -0.3 is 0 Å². The van der Waals surface area contributed by atoms with Gasteiger partial charge in [-0.15, -0.1) is 0 Å². The van der Waals surface area contributed by atoms with E-state index in [1.165, 1.54) is 10.9 Å². The molecule has 0 unspecified atom stereocenters. The van der Waals surface area contributed by atoms with Crippen LogP contribution in [-0.4, -0.2) is 20.8 Å². The van der Waals surface area contributed by atoms with Crippen molar-refractivity contribution in [1.82, 2.24) is 9.55 Å². The average molecular weight is 364 g/mol. The molecule has 0 saturated heterocycles. The second kappa shape index (κ2) is 5.39. The zero-order valence-electron chi connectivity index (χ0n) is 8.21. The topological polar surface area (TPSA) is 34.9 Å². The van der Waals surface area contributed by atoms with Crippen molar-refractivity contribution < 1.29 is 13.2 Å². The van der Waals surface area contributed by atoms with Crippen molar-refractivity contribution in [1.29, 1.82) is 0 Å². The van der Waals surface area contributed by atoms with Crippen LogP contribution in [0.3, 0.4) is 0 Å². The van der Waals surface area contributed by atoms with E-state index in [1.807, 2.05) is 22.6 Å². The molecule has 8 heteroatoms. The highest BCUT2D eigenvalue weighted by molar-refractivity contribution is 14.1. The summed E-state index contributed by atoms with van der Waals surface area (Å²) in [5, 5.41) is 0. The lowest BCUT2D eigenvalue weighted by Crippen LogP contribution is -2.25. The van der Waals surface area contributed by atoms with E-state index in [1.54, 1.807) is 6.92 Å². The van der Waals surface area contributed by atoms with Crippen LogP contribution in [0, 0.1) is 10.5 Å². The van der Waals surface area contributed by atoms with Gasteiger partial charge in [0.25, 0.3) is 5.56 Å². The van der Waals surface area contributed by atoms with Gasteiger partial charge in [0.2, 0.25) is 0 Å². The van der Waals surface area contributed by atoms with Crippen molar-refractivity contribution in [2.24, 2.45) is 0 Å². The van der Waals surface area contributed by atoms with Gasteiger partial charge in [0.15, 0.2) is 0 Å². The summed E-state index contributed by atoms with van der Waals surface area (Å²) in [6.45, 7) is 1.68. The molecule has 0 radical (unpaired) electrons. The van der Waals surface area contributed by atoms with E-state index in [2.05, 4.69) is 4.98 Å². The number of nitrogens with zero attached hydrogens (tertiary/aromatic N) is 2. The summed E-state index contributed by atoms with van der Waals surface area (Å²) in [6.07, 6.45) is 1.27. The molecule has 0 aliphatic carbocycles. The normalized spacial score (nSPS) is 11.8. The lowest BCUT2D eigenvalue weighted by molar-refractivity contribution is -0.0328. The molecule has 0 aliphatic heterocycles. The van der Waals surface area contributed by atoms with Crippen LogP contribution in [0.25, 0.3) is 0 Å². The Kier molecular flexibility index (Phi) is 4.65. The Morgan fingerprint density at radius 1 is 1.56 bits per heavy atom. The number of hydrogen-bond donors (Lipinski definition) is 0. The van der Waals surface area contributed by atoms with E-state index in [0.717, 1.165) is 0 Å². The summed E-state index contributed by atoms with van der Waals surface area (Å²) in [7, 11) is 0. The van der Waals surface area contributed by atoms with Gasteiger partial charge in [0.05, 0.1) is 15.6 Å². The molecule has 1 heterocycles. The van der Waals surface area contributed by atoms with Crippen LogP contribution in [0.4, 0.5) is 13.2 Å². The summed E-state index contributed by atoms with van der Waals surface area (Å²) >= 11 is 1.69. The molecule has 0 saturated carbocycles. The number of rotatable bonds is 3. The Bertz CT molecular complexity index is 432. The number of hydrogen-bond acceptors (Lipinski definition) is 3. The molecule has 0 atom stereocenters. The number of halogens is 4. The van der Waals surface area contributed by atoms with E-state index < -0.39 is 5.51 Å². The highest BCUT2D eigenvalue weighted by atomic mass is 127. The van der Waals surface area contributed by atoms with Gasteiger partial charge >= 0.3 is 5.51 Å². The van der Waals surface area contributed by atoms with E-state index in [9.17, 15) is 18.0 Å². The SMILES string of the molecule is Cc1ncn(CCSC(F)(F)F)c(=O)c1I. The smallest absolute Gasteiger partial charge is 0.298 e. The first-order valence-electron chi connectivity index (χ1n) is 4.23. The minimum atomic E-state index is -4.26. The Hall–Kier alpha value is -0.250. The van der Waals surface area contributed by atoms with Gasteiger partial charge in [-0.2, -0.15) is 13.2 Å². The minimum Gasteiger partial charge on any atom is -0.298 e. The summed E-state index contributed by atoms with van der Waals surface area (Å²) < 4.78 is 37.2. The second-order valence-corrected chi connectivity index (χ2v) is 5.18. The molecular weight excluding hydrogens is 356 g/mol. The first-order chi connectivity index (χ1) is 7.31. The lowest BCUT2D eigenvalue weighted by Gasteiger charge is -2.08. The van der Waals surface area contributed by atoms with Gasteiger partial charge in [-0.3, -0.25) is 9.36 Å². The Labute approximate surface area is 108 Å². The van der Waals surface area contributed by atoms with Crippen molar-refractivity contribution in [3.05, 3.63) is 25.9 Å². The van der Waals surface area contributed by atoms with Crippen LogP contribution < -0.4 is 5.56 Å². The van der Waals surface area contributed by atoms with Crippen LogP contribution in [0.15, 0.2) is 11.1 Å². The Morgan fingerprint density at radius 3 is 2.75 bits per heavy atom. The molecule has 0 aliphatic rings. The van der Waals surface area contributed by atoms with Gasteiger partial charge in [-0.25, -0.2) is 4.98 Å². The summed E-state index contributed by atoms with van der Waals surface area (Å²) in [4.78, 5) is 15.5. The van der Waals surface area contributed by atoms with Crippen LogP contribution in [0.5, 0.6) is 0 Å². The summed E-state index contributed by atoms with van der Waals surface area (Å²) in [6, 6.07) is 0. The van der Waals surface area contributed by atoms with Gasteiger partial charge in [-0.05, 0) is 41.3 Å². The van der Waals surface area contributed by atoms with Crippen molar-refractivity contribution in [3.8, 4) is 0 Å². The molecule has 0 N–H and O–H groups in total. The fourth-order valence-corrected chi connectivity index (χ4v) is 1.93. The fourth-order valence-electron chi connectivity index (χ4n) is 0.965. The van der Waals surface area contributed by atoms with Crippen LogP contribution >= 0.6 is 34.4 Å². The summed E-state index contributed by atoms with van der Waals surface area (Å²) in [5.74, 6) is -0.190. The van der Waals surface area contributed by atoms with Gasteiger partial charge in [-0.1, -0.05) is 0 Å². The standard InChI is InChI=1S/C8H8F3IN2OS/c1-5-6(12)7(15)14(4-13-5)2-3-16-8(9,10)11/h4H,2-3H2,1H3. The van der Waals surface area contributed by atoms with E-state index in [0.29, 0.717) is 9.26 Å². The third-order valence-electron chi connectivity index (χ3n) is 1.75. The van der Waals surface area contributed by atoms with E-state index in [-0.39, 0.29) is 29.6 Å². The molecule has 1 rings (SSSR count). The van der Waals surface area contributed by atoms with E-state index >= 15 is 0 Å². The molecular formula is C8H8F3IN2OS. The van der Waals surface area contributed by atoms with Crippen LogP contribution in [0.2, 0.25) is 0 Å². The molecule has 0 spiro atoms. The quantitative estimate of drug-likeness (QED) is 0.773. The highest BCUT2D eigenvalue weighted by Crippen LogP contribution is 2.29. The predicted octanol–water partition coefficient (Wildman–Crippen LogP) is 2.41. The fraction of sp³-hybridized carbons (Fsp3) is 0.500. The minimum absolute atomic E-state index is 0.00624. The molecule has 0 bridgehead atoms. The monoisotopic (exact) mass is 364 g/mol. The number of aromatic nitrogens is 2. The van der Waals surface area contributed by atoms with Crippen molar-refractivity contribution in [3.63, 3.8) is 0 Å². The zero-order chi connectivity index (χ0) is 12.3. The maximum Gasteiger partial charge on any atom is 0.441 e. The van der Waals surface area contributed by atoms with Crippen molar-refractivity contribution in [2.75, 3.05) is 5.75 Å². The molecule has 16 heavy (non-hydrogen) atoms. The lowest BCUT2D eigenvalue weighted by atomic mass is 10.4. The van der Waals surface area contributed by atoms with E-state index in [4.69, 9.17) is 0 Å². The van der Waals surface area contributed by atoms with Gasteiger partial charge in [0, 0.05) is 12.3 Å². The molecule has 0 fully saturated rings. The molecule has 0 amide bonds. The van der Waals surface area contributed by atoms with Crippen LogP contribution in [-0.2, 0) is 6.54 Å².